The molecule has 3 nitrogen and oxygen atoms in total. The number of phenolic OH excluding ortho intramolecular Hbond substituents is 1. The normalized spacial score (nSPS) is 20.6. The lowest BCUT2D eigenvalue weighted by molar-refractivity contribution is 0.0723. The van der Waals surface area contributed by atoms with Crippen LogP contribution in [0.25, 0.3) is 0 Å². The van der Waals surface area contributed by atoms with E-state index >= 15 is 0 Å². The van der Waals surface area contributed by atoms with E-state index in [-0.39, 0.29) is 17.6 Å². The van der Waals surface area contributed by atoms with Crippen LogP contribution in [0.3, 0.4) is 0 Å². The van der Waals surface area contributed by atoms with Crippen molar-refractivity contribution in [2.24, 2.45) is 0 Å². The Labute approximate surface area is 82.3 Å². The Morgan fingerprint density at radius 2 is 2.29 bits per heavy atom. The summed E-state index contributed by atoms with van der Waals surface area (Å²) in [6.07, 6.45) is 0.999. The van der Waals surface area contributed by atoms with Gasteiger partial charge in [0.2, 0.25) is 0 Å². The van der Waals surface area contributed by atoms with Crippen LogP contribution in [-0.4, -0.2) is 18.0 Å². The molecule has 0 aromatic heterocycles. The van der Waals surface area contributed by atoms with E-state index in [0.29, 0.717) is 24.0 Å². The highest BCUT2D eigenvalue weighted by molar-refractivity contribution is 5.99. The molecule has 0 spiro atoms. The van der Waals surface area contributed by atoms with E-state index in [4.69, 9.17) is 4.74 Å². The van der Waals surface area contributed by atoms with Gasteiger partial charge >= 0.3 is 0 Å². The van der Waals surface area contributed by atoms with E-state index in [9.17, 15) is 9.90 Å². The number of phenols is 1. The first-order chi connectivity index (χ1) is 6.74. The maximum absolute atomic E-state index is 11.5. The zero-order valence-electron chi connectivity index (χ0n) is 7.99. The number of ether oxygens (including phenoxy) is 1. The van der Waals surface area contributed by atoms with Gasteiger partial charge in [0.15, 0.2) is 5.78 Å². The summed E-state index contributed by atoms with van der Waals surface area (Å²) in [7, 11) is 1.59. The molecule has 0 heterocycles. The second kappa shape index (κ2) is 3.42. The maximum Gasteiger partial charge on any atom is 0.163 e. The minimum Gasteiger partial charge on any atom is -0.508 e. The molecule has 0 bridgehead atoms. The summed E-state index contributed by atoms with van der Waals surface area (Å²) in [6.45, 7) is 0. The molecule has 74 valence electrons. The summed E-state index contributed by atoms with van der Waals surface area (Å²) < 4.78 is 5.23. The summed E-state index contributed by atoms with van der Waals surface area (Å²) in [5.74, 6) is 0.242. The van der Waals surface area contributed by atoms with Gasteiger partial charge in [0.05, 0.1) is 6.10 Å². The van der Waals surface area contributed by atoms with Gasteiger partial charge in [-0.3, -0.25) is 4.79 Å². The maximum atomic E-state index is 11.5. The van der Waals surface area contributed by atoms with Crippen LogP contribution < -0.4 is 0 Å². The van der Waals surface area contributed by atoms with Crippen LogP contribution in [0, 0.1) is 0 Å². The van der Waals surface area contributed by atoms with Gasteiger partial charge in [-0.2, -0.15) is 0 Å². The molecule has 2 rings (SSSR count). The fourth-order valence-corrected chi connectivity index (χ4v) is 1.91. The summed E-state index contributed by atoms with van der Waals surface area (Å²) in [6, 6.07) is 5.01. The highest BCUT2D eigenvalue weighted by Gasteiger charge is 2.27. The van der Waals surface area contributed by atoms with Crippen molar-refractivity contribution in [2.45, 2.75) is 18.9 Å². The van der Waals surface area contributed by atoms with E-state index < -0.39 is 0 Å². The van der Waals surface area contributed by atoms with Gasteiger partial charge in [-0.15, -0.1) is 0 Å². The molecule has 1 aliphatic rings. The molecule has 0 fully saturated rings. The molecule has 1 aromatic rings. The third-order valence-corrected chi connectivity index (χ3v) is 2.62. The molecule has 0 aliphatic heterocycles. The molecule has 0 saturated carbocycles. The van der Waals surface area contributed by atoms with Crippen LogP contribution >= 0.6 is 0 Å². The zero-order chi connectivity index (χ0) is 10.1. The van der Waals surface area contributed by atoms with Gasteiger partial charge in [-0.1, -0.05) is 12.1 Å². The number of methoxy groups -OCH3 is 1. The lowest BCUT2D eigenvalue weighted by atomic mass is 9.88. The number of carbonyl (C=O) groups is 1. The Balaban J connectivity index is 2.57. The van der Waals surface area contributed by atoms with Gasteiger partial charge in [0, 0.05) is 24.7 Å². The van der Waals surface area contributed by atoms with Gasteiger partial charge in [0.1, 0.15) is 5.75 Å². The molecule has 3 heteroatoms. The highest BCUT2D eigenvalue weighted by atomic mass is 16.5. The molecule has 0 radical (unpaired) electrons. The Kier molecular flexibility index (Phi) is 2.25. The third kappa shape index (κ3) is 1.30. The minimum absolute atomic E-state index is 0.0872. The number of ketones is 1. The molecular formula is C11H12O3. The van der Waals surface area contributed by atoms with Gasteiger partial charge in [-0.05, 0) is 12.5 Å². The SMILES string of the molecule is CO[C@@H]1CCC(=O)c2cccc(O)c21. The van der Waals surface area contributed by atoms with Crippen molar-refractivity contribution in [3.8, 4) is 5.75 Å². The molecular weight excluding hydrogens is 180 g/mol. The minimum atomic E-state index is -0.149. The largest absolute Gasteiger partial charge is 0.508 e. The Hall–Kier alpha value is -1.35. The number of Topliss-reactive ketones (excluding diaryl/α,β-unsaturated/α-hetero) is 1. The van der Waals surface area contributed by atoms with E-state index in [1.165, 1.54) is 0 Å². The lowest BCUT2D eigenvalue weighted by Crippen LogP contribution is -2.16. The number of fused-ring (bicyclic) bond motifs is 1. The molecule has 0 unspecified atom stereocenters. The second-order valence-corrected chi connectivity index (χ2v) is 3.42. The van der Waals surface area contributed by atoms with Crippen LogP contribution in [0.4, 0.5) is 0 Å². The second-order valence-electron chi connectivity index (χ2n) is 3.42. The van der Waals surface area contributed by atoms with Crippen LogP contribution in [0.2, 0.25) is 0 Å². The van der Waals surface area contributed by atoms with Crippen LogP contribution in [-0.2, 0) is 4.74 Å². The third-order valence-electron chi connectivity index (χ3n) is 2.62. The summed E-state index contributed by atoms with van der Waals surface area (Å²) in [5, 5.41) is 9.64. The molecule has 0 saturated heterocycles. The highest BCUT2D eigenvalue weighted by Crippen LogP contribution is 2.37. The number of hydrogen-bond donors (Lipinski definition) is 1. The first-order valence-corrected chi connectivity index (χ1v) is 4.62. The van der Waals surface area contributed by atoms with Crippen molar-refractivity contribution in [2.75, 3.05) is 7.11 Å². The lowest BCUT2D eigenvalue weighted by Gasteiger charge is -2.23. The quantitative estimate of drug-likeness (QED) is 0.740. The number of rotatable bonds is 1. The predicted molar refractivity (Wildman–Crippen MR) is 51.4 cm³/mol. The predicted octanol–water partition coefficient (Wildman–Crippen LogP) is 2.06. The van der Waals surface area contributed by atoms with Gasteiger partial charge in [0.25, 0.3) is 0 Å². The van der Waals surface area contributed by atoms with E-state index in [0.717, 1.165) is 0 Å². The average molecular weight is 192 g/mol. The van der Waals surface area contributed by atoms with Crippen molar-refractivity contribution in [3.63, 3.8) is 0 Å². The monoisotopic (exact) mass is 192 g/mol. The summed E-state index contributed by atoms with van der Waals surface area (Å²) >= 11 is 0. The number of aromatic hydroxyl groups is 1. The fourth-order valence-electron chi connectivity index (χ4n) is 1.91. The zero-order valence-corrected chi connectivity index (χ0v) is 7.99. The molecule has 1 aliphatic carbocycles. The molecule has 1 aromatic carbocycles. The molecule has 14 heavy (non-hydrogen) atoms. The number of hydrogen-bond acceptors (Lipinski definition) is 3. The van der Waals surface area contributed by atoms with E-state index in [1.807, 2.05) is 0 Å². The Morgan fingerprint density at radius 1 is 1.50 bits per heavy atom. The summed E-state index contributed by atoms with van der Waals surface area (Å²) in [5.41, 5.74) is 1.24. The fraction of sp³-hybridized carbons (Fsp3) is 0.364. The Bertz CT molecular complexity index is 371. The first-order valence-electron chi connectivity index (χ1n) is 4.62. The van der Waals surface area contributed by atoms with Crippen molar-refractivity contribution < 1.29 is 14.6 Å². The standard InChI is InChI=1S/C11H12O3/c1-14-10-6-5-8(12)7-3-2-4-9(13)11(7)10/h2-4,10,13H,5-6H2,1H3/t10-/m1/s1. The van der Waals surface area contributed by atoms with Gasteiger partial charge in [-0.25, -0.2) is 0 Å². The van der Waals surface area contributed by atoms with Crippen LogP contribution in [0.15, 0.2) is 18.2 Å². The van der Waals surface area contributed by atoms with Crippen molar-refractivity contribution in [3.05, 3.63) is 29.3 Å². The number of carbonyl (C=O) groups excluding carboxylic acids is 1. The van der Waals surface area contributed by atoms with E-state index in [1.54, 1.807) is 25.3 Å². The molecule has 1 atom stereocenters. The van der Waals surface area contributed by atoms with Crippen LogP contribution in [0.5, 0.6) is 5.75 Å². The average Bonchev–Trinajstić information content (AvgIpc) is 2.20. The number of benzene rings is 1. The molecule has 1 N–H and O–H groups in total. The van der Waals surface area contributed by atoms with Crippen molar-refractivity contribution >= 4 is 5.78 Å². The van der Waals surface area contributed by atoms with E-state index in [2.05, 4.69) is 0 Å². The smallest absolute Gasteiger partial charge is 0.163 e. The van der Waals surface area contributed by atoms with Gasteiger partial charge < -0.3 is 9.84 Å². The van der Waals surface area contributed by atoms with Crippen molar-refractivity contribution in [1.29, 1.82) is 0 Å². The molecule has 0 amide bonds. The van der Waals surface area contributed by atoms with Crippen LogP contribution in [0.1, 0.15) is 34.9 Å². The Morgan fingerprint density at radius 3 is 3.00 bits per heavy atom. The summed E-state index contributed by atoms with van der Waals surface area (Å²) in [4.78, 5) is 11.5. The van der Waals surface area contributed by atoms with Crippen molar-refractivity contribution in [1.82, 2.24) is 0 Å². The first kappa shape index (κ1) is 9.21. The topological polar surface area (TPSA) is 46.5 Å².